The van der Waals surface area contributed by atoms with Crippen molar-refractivity contribution >= 4 is 23.9 Å². The summed E-state index contributed by atoms with van der Waals surface area (Å²) < 4.78 is 31.7. The summed E-state index contributed by atoms with van der Waals surface area (Å²) in [5, 5.41) is 25.0. The smallest absolute Gasteiger partial charge is 0.480 e. The first-order valence-corrected chi connectivity index (χ1v) is 13.4. The van der Waals surface area contributed by atoms with Gasteiger partial charge in [0.05, 0.1) is 0 Å². The van der Waals surface area contributed by atoms with Crippen molar-refractivity contribution < 1.29 is 42.6 Å². The molecule has 220 valence electrons. The van der Waals surface area contributed by atoms with Crippen LogP contribution in [-0.2, 0) is 14.4 Å². The van der Waals surface area contributed by atoms with E-state index in [0.29, 0.717) is 44.1 Å². The fourth-order valence-corrected chi connectivity index (χ4v) is 4.96. The average molecular weight is 553 g/mol. The lowest BCUT2D eigenvalue weighted by Crippen LogP contribution is -2.55. The molecule has 2 saturated carbocycles. The minimum absolute atomic E-state index is 0.144. The van der Waals surface area contributed by atoms with Gasteiger partial charge in [0.25, 0.3) is 0 Å². The Bertz CT molecular complexity index is 762. The first-order chi connectivity index (χ1) is 17.8. The Labute approximate surface area is 221 Å². The van der Waals surface area contributed by atoms with Gasteiger partial charge in [-0.1, -0.05) is 51.9 Å². The third-order valence-corrected chi connectivity index (χ3v) is 6.99. The predicted octanol–water partition coefficient (Wildman–Crippen LogP) is 3.54. The van der Waals surface area contributed by atoms with Crippen molar-refractivity contribution in [3.05, 3.63) is 0 Å². The molecule has 0 spiro atoms. The van der Waals surface area contributed by atoms with Gasteiger partial charge in [-0.3, -0.25) is 4.79 Å². The first-order valence-electron chi connectivity index (χ1n) is 13.4. The van der Waals surface area contributed by atoms with E-state index in [1.807, 2.05) is 0 Å². The zero-order valence-corrected chi connectivity index (χ0v) is 22.0. The summed E-state index contributed by atoms with van der Waals surface area (Å²) in [6.45, 7) is 2.70. The molecule has 0 aromatic carbocycles. The zero-order chi connectivity index (χ0) is 28.7. The fourth-order valence-electron chi connectivity index (χ4n) is 4.96. The number of carbonyl (C=O) groups is 4. The van der Waals surface area contributed by atoms with E-state index in [2.05, 4.69) is 22.9 Å². The second kappa shape index (κ2) is 17.1. The summed E-state index contributed by atoms with van der Waals surface area (Å²) in [5.74, 6) is -2.97. The molecule has 4 atom stereocenters. The molecular formula is C25H43F3N4O6. The average Bonchev–Trinajstić information content (AvgIpc) is 2.83. The number of alkyl halides is 3. The number of nitrogens with two attached hydrogens (primary N) is 1. The van der Waals surface area contributed by atoms with E-state index in [1.54, 1.807) is 0 Å². The molecule has 2 fully saturated rings. The Hall–Kier alpha value is -2.57. The SMILES string of the molecule is CC1CCCC(NC(=O)[C@@H](CC2CCCCC2)NC(=O)NC(CCCCN)C(=O)O)C1.O=C(O)C(F)(F)F. The Morgan fingerprint density at radius 2 is 1.53 bits per heavy atom. The number of urea groups is 1. The van der Waals surface area contributed by atoms with E-state index >= 15 is 0 Å². The van der Waals surface area contributed by atoms with Crippen LogP contribution in [0, 0.1) is 11.8 Å². The molecule has 0 aliphatic heterocycles. The molecule has 10 nitrogen and oxygen atoms in total. The van der Waals surface area contributed by atoms with Crippen molar-refractivity contribution in [3.8, 4) is 0 Å². The summed E-state index contributed by atoms with van der Waals surface area (Å²) >= 11 is 0. The first kappa shape index (κ1) is 33.5. The second-order valence-electron chi connectivity index (χ2n) is 10.4. The highest BCUT2D eigenvalue weighted by Gasteiger charge is 2.38. The number of halogens is 3. The predicted molar refractivity (Wildman–Crippen MR) is 134 cm³/mol. The van der Waals surface area contributed by atoms with Crippen molar-refractivity contribution in [3.63, 3.8) is 0 Å². The Balaban J connectivity index is 0.000000905. The molecule has 38 heavy (non-hydrogen) atoms. The lowest BCUT2D eigenvalue weighted by Gasteiger charge is -2.31. The van der Waals surface area contributed by atoms with E-state index in [0.717, 1.165) is 44.9 Å². The normalized spacial score (nSPS) is 21.7. The maximum atomic E-state index is 13.1. The van der Waals surface area contributed by atoms with Gasteiger partial charge in [-0.2, -0.15) is 13.2 Å². The topological polar surface area (TPSA) is 171 Å². The Kier molecular flexibility index (Phi) is 15.1. The van der Waals surface area contributed by atoms with Crippen molar-refractivity contribution in [2.75, 3.05) is 6.54 Å². The van der Waals surface area contributed by atoms with Crippen LogP contribution in [0.3, 0.4) is 0 Å². The lowest BCUT2D eigenvalue weighted by atomic mass is 9.84. The van der Waals surface area contributed by atoms with Crippen LogP contribution in [0.15, 0.2) is 0 Å². The zero-order valence-electron chi connectivity index (χ0n) is 22.0. The lowest BCUT2D eigenvalue weighted by molar-refractivity contribution is -0.192. The molecule has 0 bridgehead atoms. The minimum atomic E-state index is -5.08. The van der Waals surface area contributed by atoms with Gasteiger partial charge in [-0.15, -0.1) is 0 Å². The number of amides is 3. The highest BCUT2D eigenvalue weighted by atomic mass is 19.4. The third kappa shape index (κ3) is 13.8. The summed E-state index contributed by atoms with van der Waals surface area (Å²) in [5.41, 5.74) is 5.47. The van der Waals surface area contributed by atoms with Crippen LogP contribution in [0.4, 0.5) is 18.0 Å². The van der Waals surface area contributed by atoms with Gasteiger partial charge < -0.3 is 31.9 Å². The van der Waals surface area contributed by atoms with Gasteiger partial charge in [0.2, 0.25) is 5.91 Å². The van der Waals surface area contributed by atoms with Crippen LogP contribution in [0.25, 0.3) is 0 Å². The van der Waals surface area contributed by atoms with E-state index in [1.165, 1.54) is 12.8 Å². The number of rotatable bonds is 11. The largest absolute Gasteiger partial charge is 0.490 e. The molecule has 2 aliphatic rings. The van der Waals surface area contributed by atoms with Crippen molar-refractivity contribution in [1.82, 2.24) is 16.0 Å². The number of carboxylic acids is 2. The molecule has 0 radical (unpaired) electrons. The van der Waals surface area contributed by atoms with Crippen molar-refractivity contribution in [2.24, 2.45) is 17.6 Å². The summed E-state index contributed by atoms with van der Waals surface area (Å²) in [6.07, 6.45) is 7.11. The van der Waals surface area contributed by atoms with Gasteiger partial charge >= 0.3 is 24.1 Å². The minimum Gasteiger partial charge on any atom is -0.480 e. The van der Waals surface area contributed by atoms with Gasteiger partial charge in [0.15, 0.2) is 0 Å². The van der Waals surface area contributed by atoms with Crippen molar-refractivity contribution in [1.29, 1.82) is 0 Å². The standard InChI is InChI=1S/C23H42N4O4.C2HF3O2/c1-16-8-7-11-18(14-16)25-21(28)20(15-17-9-3-2-4-10-17)27-23(31)26-19(22(29)30)12-5-6-13-24;3-2(4,5)1(6)7/h16-20H,2-15,24H2,1H3,(H,25,28)(H,29,30)(H2,26,27,31);(H,6,7)/t16?,18?,19?,20-;/m1./s1. The van der Waals surface area contributed by atoms with Gasteiger partial charge in [-0.25, -0.2) is 14.4 Å². The van der Waals surface area contributed by atoms with Gasteiger partial charge in [0.1, 0.15) is 12.1 Å². The maximum Gasteiger partial charge on any atom is 0.490 e. The number of carboxylic acid groups (broad SMARTS) is 2. The Morgan fingerprint density at radius 1 is 0.921 bits per heavy atom. The molecule has 2 aliphatic carbocycles. The van der Waals surface area contributed by atoms with Gasteiger partial charge in [0, 0.05) is 6.04 Å². The fraction of sp³-hybridized carbons (Fsp3) is 0.840. The molecule has 0 aromatic rings. The summed E-state index contributed by atoms with van der Waals surface area (Å²) in [6, 6.07) is -2.06. The molecule has 3 unspecified atom stereocenters. The quantitative estimate of drug-likeness (QED) is 0.213. The number of unbranched alkanes of at least 4 members (excludes halogenated alkanes) is 1. The highest BCUT2D eigenvalue weighted by Crippen LogP contribution is 2.28. The number of hydrogen-bond acceptors (Lipinski definition) is 5. The molecule has 2 rings (SSSR count). The van der Waals surface area contributed by atoms with Crippen LogP contribution < -0.4 is 21.7 Å². The highest BCUT2D eigenvalue weighted by molar-refractivity contribution is 5.89. The van der Waals surface area contributed by atoms with E-state index in [9.17, 15) is 32.7 Å². The van der Waals surface area contributed by atoms with Crippen LogP contribution in [0.1, 0.15) is 90.4 Å². The summed E-state index contributed by atoms with van der Waals surface area (Å²) in [7, 11) is 0. The van der Waals surface area contributed by atoms with Crippen LogP contribution in [0.5, 0.6) is 0 Å². The molecular weight excluding hydrogens is 509 g/mol. The number of nitrogens with one attached hydrogen (secondary N) is 3. The monoisotopic (exact) mass is 552 g/mol. The van der Waals surface area contributed by atoms with Crippen LogP contribution in [-0.4, -0.2) is 64.9 Å². The molecule has 13 heteroatoms. The van der Waals surface area contributed by atoms with Crippen LogP contribution >= 0.6 is 0 Å². The van der Waals surface area contributed by atoms with Crippen LogP contribution in [0.2, 0.25) is 0 Å². The van der Waals surface area contributed by atoms with E-state index < -0.39 is 36.2 Å². The third-order valence-electron chi connectivity index (χ3n) is 6.99. The number of aliphatic carboxylic acids is 2. The molecule has 3 amide bonds. The van der Waals surface area contributed by atoms with E-state index in [-0.39, 0.29) is 11.9 Å². The van der Waals surface area contributed by atoms with Gasteiger partial charge in [-0.05, 0) is 56.9 Å². The molecule has 7 N–H and O–H groups in total. The summed E-state index contributed by atoms with van der Waals surface area (Å²) in [4.78, 5) is 46.1. The molecule has 0 heterocycles. The van der Waals surface area contributed by atoms with Crippen molar-refractivity contribution in [2.45, 2.75) is 115 Å². The molecule has 0 aromatic heterocycles. The number of carbonyl (C=O) groups excluding carboxylic acids is 2. The second-order valence-corrected chi connectivity index (χ2v) is 10.4. The Morgan fingerprint density at radius 3 is 2.05 bits per heavy atom. The maximum absolute atomic E-state index is 13.1. The molecule has 0 saturated heterocycles. The van der Waals surface area contributed by atoms with E-state index in [4.69, 9.17) is 15.6 Å². The number of hydrogen-bond donors (Lipinski definition) is 6.